The van der Waals surface area contributed by atoms with Gasteiger partial charge in [-0.25, -0.2) is 0 Å². The van der Waals surface area contributed by atoms with Gasteiger partial charge < -0.3 is 10.0 Å². The van der Waals surface area contributed by atoms with Gasteiger partial charge >= 0.3 is 0 Å². The van der Waals surface area contributed by atoms with Gasteiger partial charge in [0.15, 0.2) is 11.4 Å². The summed E-state index contributed by atoms with van der Waals surface area (Å²) >= 11 is 3.40. The monoisotopic (exact) mass is 385 g/mol. The fourth-order valence-corrected chi connectivity index (χ4v) is 4.28. The Morgan fingerprint density at radius 2 is 1.96 bits per heavy atom. The SMILES string of the molecule is CN1C(=O)C(O)(C2CCc3ccccc3C2=O)c2cc(Br)ccc21. The Labute approximate surface area is 148 Å². The normalized spacial score (nSPS) is 25.6. The van der Waals surface area contributed by atoms with Crippen LogP contribution in [0, 0.1) is 5.92 Å². The number of amides is 1. The number of nitrogens with zero attached hydrogens (tertiary/aromatic N) is 1. The molecule has 4 rings (SSSR count). The van der Waals surface area contributed by atoms with Crippen LogP contribution < -0.4 is 4.90 Å². The summed E-state index contributed by atoms with van der Waals surface area (Å²) in [6.45, 7) is 0. The van der Waals surface area contributed by atoms with Gasteiger partial charge in [0.2, 0.25) is 0 Å². The standard InChI is InChI=1S/C19H16BrNO3/c1-21-16-9-7-12(20)10-15(16)19(24,18(21)23)14-8-6-11-4-2-3-5-13(11)17(14)22/h2-5,7,9-10,14,24H,6,8H2,1H3. The van der Waals surface area contributed by atoms with Crippen LogP contribution in [0.4, 0.5) is 5.69 Å². The smallest absolute Gasteiger partial charge is 0.264 e. The van der Waals surface area contributed by atoms with Crippen LogP contribution in [0.3, 0.4) is 0 Å². The first-order valence-electron chi connectivity index (χ1n) is 7.87. The Balaban J connectivity index is 1.87. The van der Waals surface area contributed by atoms with Gasteiger partial charge in [0, 0.05) is 22.6 Å². The lowest BCUT2D eigenvalue weighted by Gasteiger charge is -2.34. The maximum atomic E-state index is 13.0. The van der Waals surface area contributed by atoms with E-state index >= 15 is 0 Å². The molecule has 0 fully saturated rings. The summed E-state index contributed by atoms with van der Waals surface area (Å²) in [5.74, 6) is -1.36. The molecule has 2 aromatic rings. The number of likely N-dealkylation sites (N-methyl/N-ethyl adjacent to an activating group) is 1. The number of aryl methyl sites for hydroxylation is 1. The highest BCUT2D eigenvalue weighted by Gasteiger charge is 2.56. The van der Waals surface area contributed by atoms with Crippen LogP contribution in [-0.2, 0) is 16.8 Å². The van der Waals surface area contributed by atoms with E-state index in [1.165, 1.54) is 4.90 Å². The number of hydrogen-bond acceptors (Lipinski definition) is 3. The second-order valence-electron chi connectivity index (χ2n) is 6.40. The number of carbonyl (C=O) groups is 2. The minimum atomic E-state index is -1.81. The number of carbonyl (C=O) groups excluding carboxylic acids is 2. The number of Topliss-reactive ketones (excluding diaryl/α,β-unsaturated/α-hetero) is 1. The number of anilines is 1. The molecular formula is C19H16BrNO3. The molecule has 1 amide bonds. The second-order valence-corrected chi connectivity index (χ2v) is 7.32. The summed E-state index contributed by atoms with van der Waals surface area (Å²) in [4.78, 5) is 27.3. The van der Waals surface area contributed by atoms with E-state index in [0.717, 1.165) is 10.0 Å². The van der Waals surface area contributed by atoms with E-state index in [1.807, 2.05) is 24.3 Å². The molecule has 2 unspecified atom stereocenters. The Morgan fingerprint density at radius 3 is 2.75 bits per heavy atom. The van der Waals surface area contributed by atoms with Crippen molar-refractivity contribution >= 4 is 33.3 Å². The van der Waals surface area contributed by atoms with Crippen LogP contribution in [0.5, 0.6) is 0 Å². The van der Waals surface area contributed by atoms with E-state index in [1.54, 1.807) is 25.2 Å². The maximum absolute atomic E-state index is 13.0. The third-order valence-electron chi connectivity index (χ3n) is 5.17. The van der Waals surface area contributed by atoms with Crippen molar-refractivity contribution in [1.29, 1.82) is 0 Å². The Morgan fingerprint density at radius 1 is 1.21 bits per heavy atom. The molecule has 1 aliphatic heterocycles. The van der Waals surface area contributed by atoms with Crippen LogP contribution in [0.15, 0.2) is 46.9 Å². The zero-order valence-electron chi connectivity index (χ0n) is 13.1. The average molecular weight is 386 g/mol. The molecule has 0 saturated carbocycles. The van der Waals surface area contributed by atoms with Crippen LogP contribution in [0.2, 0.25) is 0 Å². The van der Waals surface area contributed by atoms with Crippen molar-refractivity contribution in [3.05, 3.63) is 63.6 Å². The molecule has 1 N–H and O–H groups in total. The van der Waals surface area contributed by atoms with Crippen molar-refractivity contribution in [2.75, 3.05) is 11.9 Å². The van der Waals surface area contributed by atoms with Crippen LogP contribution in [0.1, 0.15) is 27.9 Å². The maximum Gasteiger partial charge on any atom is 0.264 e. The molecule has 2 atom stereocenters. The molecule has 1 heterocycles. The molecule has 2 aliphatic rings. The Hall–Kier alpha value is -1.98. The first-order valence-corrected chi connectivity index (χ1v) is 8.66. The number of halogens is 1. The summed E-state index contributed by atoms with van der Waals surface area (Å²) in [6.07, 6.45) is 1.13. The van der Waals surface area contributed by atoms with Crippen LogP contribution >= 0.6 is 15.9 Å². The van der Waals surface area contributed by atoms with Crippen molar-refractivity contribution in [2.45, 2.75) is 18.4 Å². The molecule has 24 heavy (non-hydrogen) atoms. The first kappa shape index (κ1) is 15.5. The van der Waals surface area contributed by atoms with E-state index in [2.05, 4.69) is 15.9 Å². The lowest BCUT2D eigenvalue weighted by molar-refractivity contribution is -0.140. The molecule has 0 spiro atoms. The minimum absolute atomic E-state index is 0.158. The van der Waals surface area contributed by atoms with E-state index in [9.17, 15) is 14.7 Å². The third-order valence-corrected chi connectivity index (χ3v) is 5.66. The summed E-state index contributed by atoms with van der Waals surface area (Å²) in [5, 5.41) is 11.4. The molecule has 0 bridgehead atoms. The van der Waals surface area contributed by atoms with Gasteiger partial charge in [-0.3, -0.25) is 9.59 Å². The van der Waals surface area contributed by atoms with Gasteiger partial charge in [0.1, 0.15) is 0 Å². The average Bonchev–Trinajstić information content (AvgIpc) is 2.77. The highest BCUT2D eigenvalue weighted by atomic mass is 79.9. The van der Waals surface area contributed by atoms with Crippen molar-refractivity contribution < 1.29 is 14.7 Å². The lowest BCUT2D eigenvalue weighted by atomic mass is 9.71. The van der Waals surface area contributed by atoms with Crippen molar-refractivity contribution in [3.63, 3.8) is 0 Å². The van der Waals surface area contributed by atoms with Gasteiger partial charge in [-0.1, -0.05) is 40.2 Å². The summed E-state index contributed by atoms with van der Waals surface area (Å²) in [6, 6.07) is 12.8. The molecule has 1 aliphatic carbocycles. The fourth-order valence-electron chi connectivity index (χ4n) is 3.92. The van der Waals surface area contributed by atoms with E-state index in [0.29, 0.717) is 29.7 Å². The number of aliphatic hydroxyl groups is 1. The number of ketones is 1. The van der Waals surface area contributed by atoms with E-state index in [-0.39, 0.29) is 5.78 Å². The predicted molar refractivity (Wildman–Crippen MR) is 94.0 cm³/mol. The topological polar surface area (TPSA) is 57.6 Å². The third kappa shape index (κ3) is 1.95. The zero-order chi connectivity index (χ0) is 17.1. The molecule has 0 aromatic heterocycles. The Kier molecular flexibility index (Phi) is 3.41. The minimum Gasteiger partial charge on any atom is -0.375 e. The first-order chi connectivity index (χ1) is 11.4. The van der Waals surface area contributed by atoms with E-state index in [4.69, 9.17) is 0 Å². The van der Waals surface area contributed by atoms with Crippen molar-refractivity contribution in [2.24, 2.45) is 5.92 Å². The number of rotatable bonds is 1. The molecule has 2 aromatic carbocycles. The van der Waals surface area contributed by atoms with Gasteiger partial charge in [-0.05, 0) is 36.6 Å². The van der Waals surface area contributed by atoms with Crippen LogP contribution in [-0.4, -0.2) is 23.8 Å². The molecule has 122 valence electrons. The van der Waals surface area contributed by atoms with E-state index < -0.39 is 17.4 Å². The van der Waals surface area contributed by atoms with Gasteiger partial charge in [0.25, 0.3) is 5.91 Å². The van der Waals surface area contributed by atoms with Gasteiger partial charge in [0.05, 0.1) is 11.6 Å². The fraction of sp³-hybridized carbons (Fsp3) is 0.263. The highest BCUT2D eigenvalue weighted by molar-refractivity contribution is 9.10. The predicted octanol–water partition coefficient (Wildman–Crippen LogP) is 3.06. The van der Waals surface area contributed by atoms with Gasteiger partial charge in [-0.15, -0.1) is 0 Å². The number of fused-ring (bicyclic) bond motifs is 2. The summed E-state index contributed by atoms with van der Waals surface area (Å²) < 4.78 is 0.770. The molecule has 5 heteroatoms. The Bertz CT molecular complexity index is 879. The second kappa shape index (κ2) is 5.26. The number of benzene rings is 2. The van der Waals surface area contributed by atoms with Gasteiger partial charge in [-0.2, -0.15) is 0 Å². The van der Waals surface area contributed by atoms with Crippen LogP contribution in [0.25, 0.3) is 0 Å². The highest BCUT2D eigenvalue weighted by Crippen LogP contribution is 2.48. The summed E-state index contributed by atoms with van der Waals surface area (Å²) in [5.41, 5.74) is 0.939. The largest absolute Gasteiger partial charge is 0.375 e. The summed E-state index contributed by atoms with van der Waals surface area (Å²) in [7, 11) is 1.63. The van der Waals surface area contributed by atoms with Crippen molar-refractivity contribution in [3.8, 4) is 0 Å². The lowest BCUT2D eigenvalue weighted by Crippen LogP contribution is -2.49. The molecule has 4 nitrogen and oxygen atoms in total. The quantitative estimate of drug-likeness (QED) is 0.820. The van der Waals surface area contributed by atoms with Crippen molar-refractivity contribution in [1.82, 2.24) is 0 Å². The molecular weight excluding hydrogens is 370 g/mol. The molecule has 0 saturated heterocycles. The number of hydrogen-bond donors (Lipinski definition) is 1. The zero-order valence-corrected chi connectivity index (χ0v) is 14.7. The molecule has 0 radical (unpaired) electrons.